The van der Waals surface area contributed by atoms with Crippen LogP contribution in [-0.2, 0) is 6.42 Å². The first-order valence-electron chi connectivity index (χ1n) is 6.43. The summed E-state index contributed by atoms with van der Waals surface area (Å²) in [5.41, 5.74) is 10.3. The summed E-state index contributed by atoms with van der Waals surface area (Å²) in [5, 5.41) is 0.747. The fourth-order valence-corrected chi connectivity index (χ4v) is 2.79. The molecule has 0 saturated carbocycles. The van der Waals surface area contributed by atoms with Crippen molar-refractivity contribution in [2.24, 2.45) is 5.73 Å². The van der Waals surface area contributed by atoms with Gasteiger partial charge in [-0.3, -0.25) is 0 Å². The Labute approximate surface area is 118 Å². The van der Waals surface area contributed by atoms with Crippen molar-refractivity contribution in [2.45, 2.75) is 19.4 Å². The molecule has 98 valence electrons. The van der Waals surface area contributed by atoms with Crippen molar-refractivity contribution >= 4 is 11.6 Å². The van der Waals surface area contributed by atoms with E-state index in [1.165, 1.54) is 5.56 Å². The normalized spacial score (nSPS) is 17.1. The molecule has 0 spiro atoms. The second-order valence-corrected chi connectivity index (χ2v) is 5.43. The van der Waals surface area contributed by atoms with Gasteiger partial charge in [-0.2, -0.15) is 0 Å². The maximum atomic E-state index is 6.22. The molecule has 1 heterocycles. The average molecular weight is 274 g/mol. The van der Waals surface area contributed by atoms with Gasteiger partial charge in [0.1, 0.15) is 11.9 Å². The molecule has 19 heavy (non-hydrogen) atoms. The number of ether oxygens (including phenoxy) is 1. The van der Waals surface area contributed by atoms with Crippen molar-refractivity contribution in [2.75, 3.05) is 6.54 Å². The van der Waals surface area contributed by atoms with E-state index in [1.807, 2.05) is 18.2 Å². The lowest BCUT2D eigenvalue weighted by Gasteiger charge is -2.12. The van der Waals surface area contributed by atoms with E-state index >= 15 is 0 Å². The number of halogens is 1. The predicted octanol–water partition coefficient (Wildman–Crippen LogP) is 3.58. The zero-order chi connectivity index (χ0) is 13.4. The average Bonchev–Trinajstić information content (AvgIpc) is 2.80. The minimum atomic E-state index is 0.0667. The van der Waals surface area contributed by atoms with Crippen molar-refractivity contribution in [3.05, 3.63) is 52.5 Å². The van der Waals surface area contributed by atoms with E-state index in [1.54, 1.807) is 0 Å². The van der Waals surface area contributed by atoms with Crippen LogP contribution in [0.15, 0.2) is 36.4 Å². The van der Waals surface area contributed by atoms with Gasteiger partial charge in [-0.15, -0.1) is 0 Å². The van der Waals surface area contributed by atoms with Gasteiger partial charge in [0.05, 0.1) is 0 Å². The zero-order valence-corrected chi connectivity index (χ0v) is 11.6. The van der Waals surface area contributed by atoms with Crippen LogP contribution in [0.3, 0.4) is 0 Å². The first-order chi connectivity index (χ1) is 9.17. The summed E-state index contributed by atoms with van der Waals surface area (Å²) in [4.78, 5) is 0. The lowest BCUT2D eigenvalue weighted by Crippen LogP contribution is -2.24. The van der Waals surface area contributed by atoms with Crippen molar-refractivity contribution in [3.63, 3.8) is 0 Å². The van der Waals surface area contributed by atoms with Crippen LogP contribution in [-0.4, -0.2) is 12.6 Å². The molecule has 0 aromatic heterocycles. The van der Waals surface area contributed by atoms with Crippen LogP contribution in [0.1, 0.15) is 11.1 Å². The minimum Gasteiger partial charge on any atom is -0.488 e. The summed E-state index contributed by atoms with van der Waals surface area (Å²) in [6.45, 7) is 2.61. The Bertz CT molecular complexity index is 624. The molecule has 3 heteroatoms. The van der Waals surface area contributed by atoms with Crippen LogP contribution < -0.4 is 10.5 Å². The number of nitrogens with two attached hydrogens (primary N) is 1. The third-order valence-corrected chi connectivity index (χ3v) is 3.67. The first-order valence-corrected chi connectivity index (χ1v) is 6.81. The second kappa shape index (κ2) is 4.87. The number of hydrogen-bond acceptors (Lipinski definition) is 2. The summed E-state index contributed by atoms with van der Waals surface area (Å²) < 4.78 is 5.95. The molecule has 0 radical (unpaired) electrons. The Balaban J connectivity index is 2.13. The lowest BCUT2D eigenvalue weighted by molar-refractivity contribution is 0.242. The van der Waals surface area contributed by atoms with Gasteiger partial charge in [0.2, 0.25) is 0 Å². The summed E-state index contributed by atoms with van der Waals surface area (Å²) in [5.74, 6) is 0.936. The van der Waals surface area contributed by atoms with Crippen LogP contribution in [0, 0.1) is 6.92 Å². The van der Waals surface area contributed by atoms with Gasteiger partial charge in [0, 0.05) is 23.6 Å². The highest BCUT2D eigenvalue weighted by Crippen LogP contribution is 2.41. The van der Waals surface area contributed by atoms with Gasteiger partial charge >= 0.3 is 0 Å². The molecule has 0 amide bonds. The molecule has 0 unspecified atom stereocenters. The third-order valence-electron chi connectivity index (χ3n) is 3.45. The number of fused-ring (bicyclic) bond motifs is 1. The van der Waals surface area contributed by atoms with E-state index in [4.69, 9.17) is 22.1 Å². The minimum absolute atomic E-state index is 0.0667. The molecule has 2 aromatic carbocycles. The van der Waals surface area contributed by atoms with Crippen LogP contribution in [0.4, 0.5) is 0 Å². The number of aryl methyl sites for hydroxylation is 1. The summed E-state index contributed by atoms with van der Waals surface area (Å²) in [6, 6.07) is 12.3. The van der Waals surface area contributed by atoms with Gasteiger partial charge in [0.15, 0.2) is 0 Å². The number of benzene rings is 2. The molecule has 3 rings (SSSR count). The van der Waals surface area contributed by atoms with Crippen molar-refractivity contribution in [3.8, 4) is 16.9 Å². The molecule has 0 aliphatic carbocycles. The number of hydrogen-bond donors (Lipinski definition) is 1. The highest BCUT2D eigenvalue weighted by Gasteiger charge is 2.25. The molecule has 1 aliphatic heterocycles. The Morgan fingerprint density at radius 2 is 2.16 bits per heavy atom. The zero-order valence-electron chi connectivity index (χ0n) is 10.8. The highest BCUT2D eigenvalue weighted by atomic mass is 35.5. The fraction of sp³-hybridized carbons (Fsp3) is 0.250. The van der Waals surface area contributed by atoms with E-state index in [-0.39, 0.29) is 6.10 Å². The molecule has 0 saturated heterocycles. The summed E-state index contributed by atoms with van der Waals surface area (Å²) in [7, 11) is 0. The topological polar surface area (TPSA) is 35.2 Å². The smallest absolute Gasteiger partial charge is 0.131 e. The van der Waals surface area contributed by atoms with Crippen molar-refractivity contribution < 1.29 is 4.74 Å². The fourth-order valence-electron chi connectivity index (χ4n) is 2.55. The van der Waals surface area contributed by atoms with Gasteiger partial charge in [0.25, 0.3) is 0 Å². The largest absolute Gasteiger partial charge is 0.488 e. The maximum absolute atomic E-state index is 6.22. The van der Waals surface area contributed by atoms with Crippen molar-refractivity contribution in [1.82, 2.24) is 0 Å². The van der Waals surface area contributed by atoms with Gasteiger partial charge in [-0.1, -0.05) is 41.4 Å². The summed E-state index contributed by atoms with van der Waals surface area (Å²) in [6.07, 6.45) is 0.905. The van der Waals surface area contributed by atoms with Gasteiger partial charge < -0.3 is 10.5 Å². The molecule has 2 nitrogen and oxygen atoms in total. The number of rotatable bonds is 2. The molecule has 1 aliphatic rings. The molecule has 0 fully saturated rings. The third kappa shape index (κ3) is 2.34. The van der Waals surface area contributed by atoms with Gasteiger partial charge in [-0.05, 0) is 30.2 Å². The van der Waals surface area contributed by atoms with Crippen LogP contribution in [0.25, 0.3) is 11.1 Å². The Hall–Kier alpha value is -1.51. The molecule has 0 bridgehead atoms. The molecule has 2 aromatic rings. The molecular weight excluding hydrogens is 258 g/mol. The SMILES string of the molecule is Cc1cccc(-c2cc(Cl)cc3c2O[C@@H](CN)C3)c1. The lowest BCUT2D eigenvalue weighted by atomic mass is 9.99. The Morgan fingerprint density at radius 3 is 2.89 bits per heavy atom. The first kappa shape index (κ1) is 12.5. The highest BCUT2D eigenvalue weighted by molar-refractivity contribution is 6.31. The van der Waals surface area contributed by atoms with Crippen LogP contribution in [0.2, 0.25) is 5.02 Å². The molecular formula is C16H16ClNO. The Kier molecular flexibility index (Phi) is 3.21. The predicted molar refractivity (Wildman–Crippen MR) is 78.8 cm³/mol. The van der Waals surface area contributed by atoms with Gasteiger partial charge in [-0.25, -0.2) is 0 Å². The molecule has 1 atom stereocenters. The molecule has 2 N–H and O–H groups in total. The van der Waals surface area contributed by atoms with E-state index in [2.05, 4.69) is 25.1 Å². The quantitative estimate of drug-likeness (QED) is 0.908. The van der Waals surface area contributed by atoms with Crippen LogP contribution >= 0.6 is 11.6 Å². The van der Waals surface area contributed by atoms with Crippen molar-refractivity contribution in [1.29, 1.82) is 0 Å². The van der Waals surface area contributed by atoms with E-state index in [0.717, 1.165) is 33.9 Å². The standard InChI is InChI=1S/C16H16ClNO/c1-10-3-2-4-11(5-10)15-8-13(17)6-12-7-14(9-18)19-16(12)15/h2-6,8,14H,7,9,18H2,1H3/t14-/m1/s1. The Morgan fingerprint density at radius 1 is 1.32 bits per heavy atom. The van der Waals surface area contributed by atoms with E-state index < -0.39 is 0 Å². The van der Waals surface area contributed by atoms with Crippen LogP contribution in [0.5, 0.6) is 5.75 Å². The summed E-state index contributed by atoms with van der Waals surface area (Å²) >= 11 is 6.22. The van der Waals surface area contributed by atoms with E-state index in [9.17, 15) is 0 Å². The second-order valence-electron chi connectivity index (χ2n) is 4.99. The van der Waals surface area contributed by atoms with E-state index in [0.29, 0.717) is 6.54 Å². The monoisotopic (exact) mass is 273 g/mol. The maximum Gasteiger partial charge on any atom is 0.131 e.